The van der Waals surface area contributed by atoms with Gasteiger partial charge < -0.3 is 31.3 Å². The summed E-state index contributed by atoms with van der Waals surface area (Å²) >= 11 is 0. The minimum atomic E-state index is -0.580. The molecule has 3 aliphatic rings. The van der Waals surface area contributed by atoms with Crippen molar-refractivity contribution in [2.24, 2.45) is 11.8 Å². The first kappa shape index (κ1) is 30.7. The molecule has 3 aromatic rings. The SMILES string of the molecule is C=C[C@H]1C[N+]2(Cc3cc(C(C)(C)C)cc(C(C)(C)C)c3)CC[C@H]1C[C@H]2[C@H](O)c1ccnc2ccc(OC)cc12.[Br-]. The maximum atomic E-state index is 12.2. The molecule has 40 heavy (non-hydrogen) atoms. The number of halogens is 1. The normalized spacial score (nSPS) is 25.4. The van der Waals surface area contributed by atoms with Crippen molar-refractivity contribution in [3.63, 3.8) is 0 Å². The Kier molecular flexibility index (Phi) is 8.63. The van der Waals surface area contributed by atoms with Crippen LogP contribution in [0.1, 0.15) is 82.7 Å². The van der Waals surface area contributed by atoms with Crippen molar-refractivity contribution in [2.45, 2.75) is 83.9 Å². The predicted molar refractivity (Wildman–Crippen MR) is 161 cm³/mol. The number of hydrogen-bond acceptors (Lipinski definition) is 3. The minimum Gasteiger partial charge on any atom is -1.00 e. The minimum absolute atomic E-state index is 0. The Labute approximate surface area is 251 Å². The van der Waals surface area contributed by atoms with Crippen LogP contribution in [0.2, 0.25) is 0 Å². The number of fused-ring (bicyclic) bond motifs is 4. The number of quaternary nitrogens is 1. The van der Waals surface area contributed by atoms with Crippen LogP contribution in [-0.2, 0) is 17.4 Å². The van der Waals surface area contributed by atoms with Crippen molar-refractivity contribution in [1.82, 2.24) is 4.98 Å². The van der Waals surface area contributed by atoms with Crippen molar-refractivity contribution >= 4 is 10.9 Å². The van der Waals surface area contributed by atoms with Crippen LogP contribution < -0.4 is 21.7 Å². The summed E-state index contributed by atoms with van der Waals surface area (Å²) in [5, 5.41) is 13.2. The lowest BCUT2D eigenvalue weighted by Gasteiger charge is -2.58. The predicted octanol–water partition coefficient (Wildman–Crippen LogP) is 4.49. The Morgan fingerprint density at radius 3 is 2.33 bits per heavy atom. The fraction of sp³-hybridized carbons (Fsp3) is 0.514. The standard InChI is InChI=1S/C35H47N2O2.BrH/c1-9-24-22-37(21-23-16-26(34(2,3)4)19-27(17-23)35(5,6)7)15-13-25(24)18-32(37)33(38)29-12-14-36-31-11-10-28(39-8)20-30(29)31;/h9-12,14,16-17,19-20,24-25,32-33,38H,1,13,15,18,21-22H2,2-8H3;1H/q+1;/p-1/t24-,25-,32-,33+,37?;/m0./s1. The zero-order chi connectivity index (χ0) is 28.2. The zero-order valence-electron chi connectivity index (χ0n) is 25.4. The molecule has 216 valence electrons. The van der Waals surface area contributed by atoms with Crippen LogP contribution in [-0.4, -0.2) is 40.8 Å². The number of piperidine rings is 3. The van der Waals surface area contributed by atoms with Crippen molar-refractivity contribution in [1.29, 1.82) is 0 Å². The van der Waals surface area contributed by atoms with E-state index in [1.54, 1.807) is 7.11 Å². The molecule has 2 aromatic carbocycles. The van der Waals surface area contributed by atoms with Crippen LogP contribution in [0.25, 0.3) is 10.9 Å². The van der Waals surface area contributed by atoms with Crippen LogP contribution in [0.3, 0.4) is 0 Å². The molecule has 5 heteroatoms. The molecule has 3 fully saturated rings. The van der Waals surface area contributed by atoms with E-state index in [1.165, 1.54) is 23.1 Å². The molecule has 5 atom stereocenters. The summed E-state index contributed by atoms with van der Waals surface area (Å²) in [4.78, 5) is 4.58. The number of aliphatic hydroxyl groups excluding tert-OH is 1. The summed E-state index contributed by atoms with van der Waals surface area (Å²) in [6.45, 7) is 21.1. The van der Waals surface area contributed by atoms with Gasteiger partial charge >= 0.3 is 0 Å². The van der Waals surface area contributed by atoms with E-state index in [1.807, 2.05) is 30.5 Å². The average Bonchev–Trinajstić information content (AvgIpc) is 2.90. The van der Waals surface area contributed by atoms with Crippen molar-refractivity contribution in [3.8, 4) is 5.75 Å². The van der Waals surface area contributed by atoms with Gasteiger partial charge in [-0.2, -0.15) is 0 Å². The van der Waals surface area contributed by atoms with Crippen LogP contribution in [0.4, 0.5) is 0 Å². The summed E-state index contributed by atoms with van der Waals surface area (Å²) in [7, 11) is 1.69. The largest absolute Gasteiger partial charge is 1.00 e. The number of rotatable bonds is 6. The second-order valence-corrected chi connectivity index (χ2v) is 14.2. The molecule has 1 aromatic heterocycles. The van der Waals surface area contributed by atoms with Gasteiger partial charge in [0.05, 0.1) is 25.7 Å². The topological polar surface area (TPSA) is 42.4 Å². The van der Waals surface area contributed by atoms with E-state index >= 15 is 0 Å². The second-order valence-electron chi connectivity index (χ2n) is 14.2. The Bertz CT molecular complexity index is 1340. The molecular formula is C35H47BrN2O2. The Morgan fingerprint density at radius 1 is 1.05 bits per heavy atom. The number of pyridine rings is 1. The number of aromatic nitrogens is 1. The monoisotopic (exact) mass is 606 g/mol. The Balaban J connectivity index is 0.00000370. The highest BCUT2D eigenvalue weighted by Crippen LogP contribution is 2.48. The third-order valence-corrected chi connectivity index (χ3v) is 9.56. The summed E-state index contributed by atoms with van der Waals surface area (Å²) in [6, 6.07) is 15.3. The fourth-order valence-corrected chi connectivity index (χ4v) is 7.13. The van der Waals surface area contributed by atoms with E-state index in [4.69, 9.17) is 4.74 Å². The number of hydrogen-bond donors (Lipinski definition) is 1. The second kappa shape index (κ2) is 11.2. The molecule has 2 bridgehead atoms. The van der Waals surface area contributed by atoms with Gasteiger partial charge in [-0.05, 0) is 69.8 Å². The highest BCUT2D eigenvalue weighted by atomic mass is 79.9. The van der Waals surface area contributed by atoms with E-state index in [0.29, 0.717) is 11.8 Å². The summed E-state index contributed by atoms with van der Waals surface area (Å²) in [6.07, 6.45) is 5.64. The molecule has 0 saturated carbocycles. The van der Waals surface area contributed by atoms with Crippen LogP contribution >= 0.6 is 0 Å². The number of nitrogens with zero attached hydrogens (tertiary/aromatic N) is 2. The molecule has 1 N–H and O–H groups in total. The first-order valence-electron chi connectivity index (χ1n) is 14.6. The van der Waals surface area contributed by atoms with Crippen LogP contribution in [0, 0.1) is 11.8 Å². The van der Waals surface area contributed by atoms with Gasteiger partial charge in [-0.3, -0.25) is 4.98 Å². The van der Waals surface area contributed by atoms with Gasteiger partial charge in [-0.25, -0.2) is 0 Å². The highest BCUT2D eigenvalue weighted by Gasteiger charge is 2.54. The lowest BCUT2D eigenvalue weighted by atomic mass is 9.71. The first-order valence-corrected chi connectivity index (χ1v) is 14.6. The van der Waals surface area contributed by atoms with Gasteiger partial charge in [0.2, 0.25) is 0 Å². The van der Waals surface area contributed by atoms with Crippen LogP contribution in [0.5, 0.6) is 5.75 Å². The van der Waals surface area contributed by atoms with E-state index in [-0.39, 0.29) is 33.9 Å². The molecule has 0 amide bonds. The molecule has 1 unspecified atom stereocenters. The van der Waals surface area contributed by atoms with Gasteiger partial charge in [0.25, 0.3) is 0 Å². The van der Waals surface area contributed by atoms with E-state index < -0.39 is 6.10 Å². The van der Waals surface area contributed by atoms with Crippen LogP contribution in [0.15, 0.2) is 61.3 Å². The molecular weight excluding hydrogens is 560 g/mol. The summed E-state index contributed by atoms with van der Waals surface area (Å²) in [5.41, 5.74) is 6.16. The number of benzene rings is 2. The number of methoxy groups -OCH3 is 1. The first-order chi connectivity index (χ1) is 18.3. The van der Waals surface area contributed by atoms with E-state index in [9.17, 15) is 5.11 Å². The van der Waals surface area contributed by atoms with E-state index in [2.05, 4.69) is 77.4 Å². The molecule has 3 aliphatic heterocycles. The molecule has 0 spiro atoms. The third-order valence-electron chi connectivity index (χ3n) is 9.56. The summed E-state index contributed by atoms with van der Waals surface area (Å²) < 4.78 is 6.43. The zero-order valence-corrected chi connectivity index (χ0v) is 27.0. The molecule has 0 radical (unpaired) electrons. The van der Waals surface area contributed by atoms with Gasteiger partial charge in [0.15, 0.2) is 0 Å². The van der Waals surface area contributed by atoms with Gasteiger partial charge in [-0.15, -0.1) is 6.58 Å². The van der Waals surface area contributed by atoms with Crippen molar-refractivity contribution in [3.05, 3.63) is 83.6 Å². The molecule has 4 nitrogen and oxygen atoms in total. The van der Waals surface area contributed by atoms with Crippen molar-refractivity contribution < 1.29 is 31.3 Å². The smallest absolute Gasteiger partial charge is 0.131 e. The Morgan fingerprint density at radius 2 is 1.73 bits per heavy atom. The average molecular weight is 608 g/mol. The van der Waals surface area contributed by atoms with Crippen molar-refractivity contribution in [2.75, 3.05) is 20.2 Å². The highest BCUT2D eigenvalue weighted by molar-refractivity contribution is 5.83. The third kappa shape index (κ3) is 5.75. The lowest BCUT2D eigenvalue weighted by molar-refractivity contribution is -0.984. The maximum Gasteiger partial charge on any atom is 0.131 e. The molecule has 3 saturated heterocycles. The molecule has 0 aliphatic carbocycles. The van der Waals surface area contributed by atoms with Gasteiger partial charge in [0.1, 0.15) is 24.4 Å². The van der Waals surface area contributed by atoms with Gasteiger partial charge in [-0.1, -0.05) is 53.7 Å². The summed E-state index contributed by atoms with van der Waals surface area (Å²) in [5.74, 6) is 1.86. The van der Waals surface area contributed by atoms with Gasteiger partial charge in [0, 0.05) is 35.9 Å². The maximum absolute atomic E-state index is 12.2. The number of ether oxygens (including phenoxy) is 1. The number of aliphatic hydroxyl groups is 1. The fourth-order valence-electron chi connectivity index (χ4n) is 7.13. The molecule has 4 heterocycles. The Hall–Kier alpha value is -2.21. The lowest BCUT2D eigenvalue weighted by Crippen LogP contribution is -3.00. The van der Waals surface area contributed by atoms with E-state index in [0.717, 1.165) is 52.8 Å². The quantitative estimate of drug-likeness (QED) is 0.332. The molecule has 6 rings (SSSR count).